The molecule has 0 aliphatic carbocycles. The summed E-state index contributed by atoms with van der Waals surface area (Å²) in [6, 6.07) is 3.49. The van der Waals surface area contributed by atoms with E-state index in [0.29, 0.717) is 28.9 Å². The van der Waals surface area contributed by atoms with Crippen molar-refractivity contribution in [2.75, 3.05) is 0 Å². The molecule has 0 amide bonds. The Bertz CT molecular complexity index is 577. The van der Waals surface area contributed by atoms with E-state index in [0.717, 1.165) is 6.42 Å². The minimum atomic E-state index is -0.0116. The molecule has 1 atom stereocenters. The molecule has 1 unspecified atom stereocenters. The van der Waals surface area contributed by atoms with E-state index >= 15 is 0 Å². The van der Waals surface area contributed by atoms with Gasteiger partial charge in [0, 0.05) is 18.7 Å². The molecule has 0 radical (unpaired) electrons. The summed E-state index contributed by atoms with van der Waals surface area (Å²) in [5.41, 5.74) is 6.80. The zero-order chi connectivity index (χ0) is 14.8. The van der Waals surface area contributed by atoms with Crippen LogP contribution in [0.2, 0.25) is 5.02 Å². The van der Waals surface area contributed by atoms with E-state index in [2.05, 4.69) is 35.9 Å². The molecule has 0 spiro atoms. The Balaban J connectivity index is 2.08. The highest BCUT2D eigenvalue weighted by atomic mass is 35.5. The van der Waals surface area contributed by atoms with Crippen LogP contribution in [-0.4, -0.2) is 21.2 Å². The van der Waals surface area contributed by atoms with Crippen LogP contribution in [0.25, 0.3) is 11.5 Å². The third-order valence-corrected chi connectivity index (χ3v) is 3.05. The molecule has 5 nitrogen and oxygen atoms in total. The molecule has 0 aliphatic heterocycles. The van der Waals surface area contributed by atoms with Crippen molar-refractivity contribution in [3.63, 3.8) is 0 Å². The van der Waals surface area contributed by atoms with Gasteiger partial charge in [0.25, 0.3) is 0 Å². The summed E-state index contributed by atoms with van der Waals surface area (Å²) >= 11 is 6.05. The predicted octanol–water partition coefficient (Wildman–Crippen LogP) is 3.09. The van der Waals surface area contributed by atoms with Gasteiger partial charge in [-0.2, -0.15) is 4.98 Å². The molecule has 2 aromatic heterocycles. The van der Waals surface area contributed by atoms with E-state index in [1.807, 2.05) is 0 Å². The van der Waals surface area contributed by atoms with E-state index in [1.165, 1.54) is 0 Å². The molecular formula is C14H19ClN4O. The summed E-state index contributed by atoms with van der Waals surface area (Å²) in [7, 11) is 0. The second kappa shape index (κ2) is 5.89. The highest BCUT2D eigenvalue weighted by Gasteiger charge is 2.19. The van der Waals surface area contributed by atoms with E-state index in [4.69, 9.17) is 21.9 Å². The highest BCUT2D eigenvalue weighted by Crippen LogP contribution is 2.24. The first kappa shape index (κ1) is 14.9. The fraction of sp³-hybridized carbons (Fsp3) is 0.500. The maximum absolute atomic E-state index is 6.10. The van der Waals surface area contributed by atoms with Gasteiger partial charge in [-0.15, -0.1) is 0 Å². The summed E-state index contributed by atoms with van der Waals surface area (Å²) in [5, 5.41) is 4.41. The number of hydrogen-bond acceptors (Lipinski definition) is 5. The maximum atomic E-state index is 6.10. The van der Waals surface area contributed by atoms with Gasteiger partial charge in [0.1, 0.15) is 5.69 Å². The minimum Gasteiger partial charge on any atom is -0.339 e. The van der Waals surface area contributed by atoms with Gasteiger partial charge in [0.2, 0.25) is 11.7 Å². The lowest BCUT2D eigenvalue weighted by atomic mass is 9.87. The molecule has 0 saturated heterocycles. The zero-order valence-electron chi connectivity index (χ0n) is 11.9. The van der Waals surface area contributed by atoms with Gasteiger partial charge < -0.3 is 10.3 Å². The fourth-order valence-corrected chi connectivity index (χ4v) is 2.27. The fourth-order valence-electron chi connectivity index (χ4n) is 2.07. The first-order valence-corrected chi connectivity index (χ1v) is 6.92. The molecule has 0 saturated carbocycles. The Morgan fingerprint density at radius 2 is 2.15 bits per heavy atom. The molecule has 0 aliphatic rings. The second-order valence-electron chi connectivity index (χ2n) is 6.07. The third-order valence-electron chi connectivity index (χ3n) is 2.75. The minimum absolute atomic E-state index is 0.0116. The number of pyridine rings is 1. The Morgan fingerprint density at radius 1 is 1.40 bits per heavy atom. The van der Waals surface area contributed by atoms with Gasteiger partial charge in [-0.05, 0) is 24.0 Å². The van der Waals surface area contributed by atoms with Crippen molar-refractivity contribution < 1.29 is 4.52 Å². The van der Waals surface area contributed by atoms with Crippen molar-refractivity contribution in [1.29, 1.82) is 0 Å². The Labute approximate surface area is 123 Å². The van der Waals surface area contributed by atoms with Crippen LogP contribution >= 0.6 is 11.6 Å². The molecule has 2 N–H and O–H groups in total. The van der Waals surface area contributed by atoms with Crippen molar-refractivity contribution in [2.45, 2.75) is 39.7 Å². The topological polar surface area (TPSA) is 77.8 Å². The number of hydrogen-bond donors (Lipinski definition) is 1. The summed E-state index contributed by atoms with van der Waals surface area (Å²) in [4.78, 5) is 8.46. The van der Waals surface area contributed by atoms with Gasteiger partial charge >= 0.3 is 0 Å². The highest BCUT2D eigenvalue weighted by molar-refractivity contribution is 6.32. The molecule has 20 heavy (non-hydrogen) atoms. The van der Waals surface area contributed by atoms with Crippen LogP contribution in [0.5, 0.6) is 0 Å². The lowest BCUT2D eigenvalue weighted by molar-refractivity contribution is 0.313. The van der Waals surface area contributed by atoms with E-state index in [-0.39, 0.29) is 11.5 Å². The van der Waals surface area contributed by atoms with Crippen molar-refractivity contribution in [2.24, 2.45) is 11.1 Å². The third kappa shape index (κ3) is 4.02. The van der Waals surface area contributed by atoms with Gasteiger partial charge in [-0.25, -0.2) is 0 Å². The molecule has 0 fully saturated rings. The van der Waals surface area contributed by atoms with E-state index in [9.17, 15) is 0 Å². The lowest BCUT2D eigenvalue weighted by Gasteiger charge is -2.21. The quantitative estimate of drug-likeness (QED) is 0.937. The van der Waals surface area contributed by atoms with Gasteiger partial charge in [-0.3, -0.25) is 4.98 Å². The number of halogens is 1. The van der Waals surface area contributed by atoms with Crippen LogP contribution in [0.15, 0.2) is 22.9 Å². The first-order valence-electron chi connectivity index (χ1n) is 6.54. The second-order valence-corrected chi connectivity index (χ2v) is 6.48. The van der Waals surface area contributed by atoms with Crippen molar-refractivity contribution in [3.8, 4) is 11.5 Å². The smallest absolute Gasteiger partial charge is 0.228 e. The zero-order valence-corrected chi connectivity index (χ0v) is 12.7. The molecule has 0 bridgehead atoms. The average Bonchev–Trinajstić information content (AvgIpc) is 2.75. The van der Waals surface area contributed by atoms with Gasteiger partial charge in [0.15, 0.2) is 0 Å². The van der Waals surface area contributed by atoms with Crippen molar-refractivity contribution >= 4 is 11.6 Å². The predicted molar refractivity (Wildman–Crippen MR) is 78.3 cm³/mol. The monoisotopic (exact) mass is 294 g/mol. The lowest BCUT2D eigenvalue weighted by Crippen LogP contribution is -2.28. The Kier molecular flexibility index (Phi) is 4.40. The van der Waals surface area contributed by atoms with Crippen LogP contribution in [0.4, 0.5) is 0 Å². The van der Waals surface area contributed by atoms with Crippen LogP contribution in [0.1, 0.15) is 33.1 Å². The van der Waals surface area contributed by atoms with Crippen LogP contribution in [-0.2, 0) is 6.42 Å². The molecule has 2 aromatic rings. The Hall–Kier alpha value is -1.46. The van der Waals surface area contributed by atoms with Crippen LogP contribution < -0.4 is 5.73 Å². The molecule has 2 rings (SSSR count). The van der Waals surface area contributed by atoms with Crippen molar-refractivity contribution in [3.05, 3.63) is 29.2 Å². The number of rotatable bonds is 4. The molecule has 0 aromatic carbocycles. The largest absolute Gasteiger partial charge is 0.339 e. The maximum Gasteiger partial charge on any atom is 0.228 e. The summed E-state index contributed by atoms with van der Waals surface area (Å²) in [6.07, 6.45) is 3.08. The standard InChI is InChI=1S/C14H19ClN4O/c1-14(2,3)8-9(16)7-11-18-13(19-20-11)12-10(15)5-4-6-17-12/h4-6,9H,7-8,16H2,1-3H3. The molecule has 108 valence electrons. The molecule has 6 heteroatoms. The van der Waals surface area contributed by atoms with E-state index in [1.54, 1.807) is 18.3 Å². The normalized spacial score (nSPS) is 13.4. The molecule has 2 heterocycles. The summed E-state index contributed by atoms with van der Waals surface area (Å²) in [5.74, 6) is 0.909. The number of aromatic nitrogens is 3. The van der Waals surface area contributed by atoms with E-state index < -0.39 is 0 Å². The van der Waals surface area contributed by atoms with Gasteiger partial charge in [-0.1, -0.05) is 37.5 Å². The SMILES string of the molecule is CC(C)(C)CC(N)Cc1nc(-c2ncccc2Cl)no1. The summed E-state index contributed by atoms with van der Waals surface area (Å²) in [6.45, 7) is 6.46. The van der Waals surface area contributed by atoms with Crippen molar-refractivity contribution in [1.82, 2.24) is 15.1 Å². The number of nitrogens with two attached hydrogens (primary N) is 1. The molecular weight excluding hydrogens is 276 g/mol. The Morgan fingerprint density at radius 3 is 2.80 bits per heavy atom. The van der Waals surface area contributed by atoms with Crippen LogP contribution in [0.3, 0.4) is 0 Å². The first-order chi connectivity index (χ1) is 9.35. The van der Waals surface area contributed by atoms with Gasteiger partial charge in [0.05, 0.1) is 5.02 Å². The van der Waals surface area contributed by atoms with Crippen LogP contribution in [0, 0.1) is 5.41 Å². The number of nitrogens with zero attached hydrogens (tertiary/aromatic N) is 3. The average molecular weight is 295 g/mol. The summed E-state index contributed by atoms with van der Waals surface area (Å²) < 4.78 is 5.22.